The Hall–Kier alpha value is -4.72. The standard InChI is InChI=1S/C40H51F4N5O10S/c1-7-29-31(46-36(53)59-37(4,5)40(42,43)44)34(51)49-21-25(58-33-26-19-27(41)30(56-8-2)17-23(26)13-16-45-33)18-28(49)32(50)47-39(20-24(39)12-10-9-11-22(3)57-29)35(52)48-60(54,55)38(6)14-15-38/h10,12-13,16-17,19,22,24-25,28-29,31H,7-9,11,14-15,18,20-21H2,1-6H3,(H,46,53)(H,47,50)(H,48,52)/b12-10-/t22-,24-,25-,28+,29+,31+,39-/m1/s1. The van der Waals surface area contributed by atoms with E-state index in [0.29, 0.717) is 44.9 Å². The average Bonchev–Trinajstić information content (AvgIpc) is 4.04. The summed E-state index contributed by atoms with van der Waals surface area (Å²) in [5, 5.41) is 5.76. The van der Waals surface area contributed by atoms with Gasteiger partial charge in [0.15, 0.2) is 11.6 Å². The molecule has 2 aromatic rings. The third kappa shape index (κ3) is 9.13. The number of hydrogen-bond donors (Lipinski definition) is 3. The number of ether oxygens (including phenoxy) is 4. The Morgan fingerprint density at radius 3 is 2.52 bits per heavy atom. The van der Waals surface area contributed by atoms with E-state index in [1.807, 2.05) is 0 Å². The fourth-order valence-electron chi connectivity index (χ4n) is 7.41. The number of alkyl carbamates (subject to hydrolysis) is 1. The van der Waals surface area contributed by atoms with E-state index < -0.39 is 98.0 Å². The Bertz CT molecular complexity index is 2150. The van der Waals surface area contributed by atoms with Crippen molar-refractivity contribution in [2.75, 3.05) is 13.2 Å². The highest BCUT2D eigenvalue weighted by atomic mass is 32.2. The number of allylic oxidation sites excluding steroid dienone is 1. The first-order valence-corrected chi connectivity index (χ1v) is 21.5. The number of carbonyl (C=O) groups is 4. The molecule has 330 valence electrons. The third-order valence-electron chi connectivity index (χ3n) is 11.7. The molecule has 7 atom stereocenters. The zero-order chi connectivity index (χ0) is 44.0. The number of pyridine rings is 1. The molecule has 0 radical (unpaired) electrons. The predicted molar refractivity (Wildman–Crippen MR) is 208 cm³/mol. The first kappa shape index (κ1) is 44.8. The summed E-state index contributed by atoms with van der Waals surface area (Å²) in [5.74, 6) is -4.12. The highest BCUT2D eigenvalue weighted by Crippen LogP contribution is 2.47. The van der Waals surface area contributed by atoms with E-state index in [9.17, 15) is 40.8 Å². The van der Waals surface area contributed by atoms with Gasteiger partial charge in [0.05, 0.1) is 30.1 Å². The zero-order valence-electron chi connectivity index (χ0n) is 34.2. The molecule has 3 heterocycles. The Morgan fingerprint density at radius 1 is 1.15 bits per heavy atom. The maximum atomic E-state index is 15.1. The van der Waals surface area contributed by atoms with Crippen LogP contribution in [0.4, 0.5) is 22.4 Å². The molecule has 3 fully saturated rings. The van der Waals surface area contributed by atoms with E-state index in [4.69, 9.17) is 18.9 Å². The summed E-state index contributed by atoms with van der Waals surface area (Å²) in [6.45, 7) is 7.72. The number of sulfonamides is 1. The van der Waals surface area contributed by atoms with E-state index in [1.165, 1.54) is 25.3 Å². The molecule has 4 amide bonds. The third-order valence-corrected chi connectivity index (χ3v) is 13.8. The lowest BCUT2D eigenvalue weighted by Gasteiger charge is -2.35. The fourth-order valence-corrected chi connectivity index (χ4v) is 8.72. The van der Waals surface area contributed by atoms with E-state index in [2.05, 4.69) is 20.3 Å². The molecule has 3 N–H and O–H groups in total. The Balaban J connectivity index is 1.37. The van der Waals surface area contributed by atoms with Gasteiger partial charge in [-0.15, -0.1) is 0 Å². The molecule has 1 saturated heterocycles. The minimum atomic E-state index is -4.97. The lowest BCUT2D eigenvalue weighted by atomic mass is 10.0. The molecule has 2 aliphatic carbocycles. The van der Waals surface area contributed by atoms with Gasteiger partial charge >= 0.3 is 12.3 Å². The highest BCUT2D eigenvalue weighted by Gasteiger charge is 2.63. The van der Waals surface area contributed by atoms with Crippen molar-refractivity contribution in [3.05, 3.63) is 42.4 Å². The average molecular weight is 870 g/mol. The van der Waals surface area contributed by atoms with Crippen LogP contribution in [0.25, 0.3) is 10.8 Å². The second kappa shape index (κ2) is 16.6. The molecule has 0 spiro atoms. The minimum Gasteiger partial charge on any atom is -0.491 e. The van der Waals surface area contributed by atoms with Crippen LogP contribution in [0.15, 0.2) is 36.5 Å². The lowest BCUT2D eigenvalue weighted by molar-refractivity contribution is -0.244. The molecule has 1 aromatic carbocycles. The van der Waals surface area contributed by atoms with E-state index >= 15 is 4.39 Å². The van der Waals surface area contributed by atoms with Gasteiger partial charge in [-0.25, -0.2) is 22.6 Å². The van der Waals surface area contributed by atoms with Crippen molar-refractivity contribution in [1.82, 2.24) is 25.2 Å². The van der Waals surface area contributed by atoms with Crippen LogP contribution in [-0.2, 0) is 33.9 Å². The first-order chi connectivity index (χ1) is 28.0. The summed E-state index contributed by atoms with van der Waals surface area (Å²) in [4.78, 5) is 61.8. The van der Waals surface area contributed by atoms with Gasteiger partial charge in [-0.1, -0.05) is 19.1 Å². The molecule has 6 rings (SSSR count). The second-order valence-corrected chi connectivity index (χ2v) is 18.8. The van der Waals surface area contributed by atoms with Crippen LogP contribution < -0.4 is 24.8 Å². The molecule has 1 aromatic heterocycles. The van der Waals surface area contributed by atoms with Crippen LogP contribution in [0.5, 0.6) is 11.6 Å². The summed E-state index contributed by atoms with van der Waals surface area (Å²) < 4.78 is 106. The molecule has 15 nitrogen and oxygen atoms in total. The molecule has 60 heavy (non-hydrogen) atoms. The van der Waals surface area contributed by atoms with Crippen molar-refractivity contribution < 1.29 is 64.1 Å². The Labute approximate surface area is 345 Å². The van der Waals surface area contributed by atoms with Gasteiger partial charge in [0.1, 0.15) is 23.7 Å². The SMILES string of the molecule is CCOc1cc2ccnc(O[C@@H]3C[C@H]4C(=O)N[C@]5(C(=O)NS(=O)(=O)C6(C)CC6)C[C@H]5/C=C\CC[C@@H](C)O[C@@H](CC)[C@H](NC(=O)OC(C)(C)C(F)(F)F)C(=O)N4C3)c2cc1F. The quantitative estimate of drug-likeness (QED) is 0.216. The van der Waals surface area contributed by atoms with Crippen molar-refractivity contribution in [2.45, 2.75) is 139 Å². The number of rotatable bonds is 10. The smallest absolute Gasteiger partial charge is 0.427 e. The number of benzene rings is 1. The number of hydrogen-bond acceptors (Lipinski definition) is 11. The molecule has 2 aliphatic heterocycles. The summed E-state index contributed by atoms with van der Waals surface area (Å²) in [7, 11) is -4.12. The monoisotopic (exact) mass is 869 g/mol. The van der Waals surface area contributed by atoms with E-state index in [0.717, 1.165) is 4.90 Å². The predicted octanol–water partition coefficient (Wildman–Crippen LogP) is 4.96. The molecular formula is C40H51F4N5O10S. The van der Waals surface area contributed by atoms with Gasteiger partial charge in [-0.3, -0.25) is 19.1 Å². The van der Waals surface area contributed by atoms with Crippen LogP contribution >= 0.6 is 0 Å². The molecule has 2 saturated carbocycles. The van der Waals surface area contributed by atoms with Gasteiger partial charge in [-0.2, -0.15) is 13.2 Å². The second-order valence-electron chi connectivity index (χ2n) is 16.6. The molecule has 4 aliphatic rings. The normalized spacial score (nSPS) is 28.9. The maximum Gasteiger partial charge on any atom is 0.427 e. The topological polar surface area (TPSA) is 192 Å². The van der Waals surface area contributed by atoms with E-state index in [-0.39, 0.29) is 49.4 Å². The minimum absolute atomic E-state index is 0.000816. The summed E-state index contributed by atoms with van der Waals surface area (Å²) >= 11 is 0. The number of carbonyl (C=O) groups excluding carboxylic acids is 4. The van der Waals surface area contributed by atoms with Crippen LogP contribution in [0.3, 0.4) is 0 Å². The van der Waals surface area contributed by atoms with Crippen molar-refractivity contribution in [2.24, 2.45) is 5.92 Å². The largest absolute Gasteiger partial charge is 0.491 e. The van der Waals surface area contributed by atoms with Crippen molar-refractivity contribution >= 4 is 44.6 Å². The Morgan fingerprint density at radius 2 is 1.87 bits per heavy atom. The van der Waals surface area contributed by atoms with Gasteiger partial charge in [0.25, 0.3) is 5.91 Å². The van der Waals surface area contributed by atoms with Crippen molar-refractivity contribution in [3.8, 4) is 11.6 Å². The van der Waals surface area contributed by atoms with Gasteiger partial charge < -0.3 is 34.5 Å². The first-order valence-electron chi connectivity index (χ1n) is 20.0. The fraction of sp³-hybridized carbons (Fsp3) is 0.625. The molecule has 0 unspecified atom stereocenters. The number of fused-ring (bicyclic) bond motifs is 3. The number of aromatic nitrogens is 1. The van der Waals surface area contributed by atoms with E-state index in [1.54, 1.807) is 39.0 Å². The summed E-state index contributed by atoms with van der Waals surface area (Å²) in [5.41, 5.74) is -4.67. The van der Waals surface area contributed by atoms with Gasteiger partial charge in [0.2, 0.25) is 33.3 Å². The highest BCUT2D eigenvalue weighted by molar-refractivity contribution is 7.91. The zero-order valence-corrected chi connectivity index (χ0v) is 35.0. The number of nitrogens with one attached hydrogen (secondary N) is 3. The summed E-state index contributed by atoms with van der Waals surface area (Å²) in [6, 6.07) is 1.11. The van der Waals surface area contributed by atoms with Crippen LogP contribution in [0.2, 0.25) is 0 Å². The maximum absolute atomic E-state index is 15.1. The van der Waals surface area contributed by atoms with Crippen molar-refractivity contribution in [1.29, 1.82) is 0 Å². The number of nitrogens with zero attached hydrogens (tertiary/aromatic N) is 2. The van der Waals surface area contributed by atoms with Crippen molar-refractivity contribution in [3.63, 3.8) is 0 Å². The number of halogens is 4. The molecule has 0 bridgehead atoms. The Kier molecular flexibility index (Phi) is 12.4. The van der Waals surface area contributed by atoms with Gasteiger partial charge in [0, 0.05) is 23.9 Å². The summed E-state index contributed by atoms with van der Waals surface area (Å²) in [6.07, 6.45) is -3.02. The van der Waals surface area contributed by atoms with Crippen LogP contribution in [-0.4, -0.2) is 108 Å². The molecule has 20 heteroatoms. The van der Waals surface area contributed by atoms with Crippen LogP contribution in [0, 0.1) is 11.7 Å². The lowest BCUT2D eigenvalue weighted by Crippen LogP contribution is -2.61. The van der Waals surface area contributed by atoms with Crippen LogP contribution in [0.1, 0.15) is 86.5 Å². The van der Waals surface area contributed by atoms with Gasteiger partial charge in [-0.05, 0) is 96.7 Å². The number of amides is 4. The number of alkyl halides is 3. The molecular weight excluding hydrogens is 819 g/mol.